The molecule has 22 heavy (non-hydrogen) atoms. The maximum Gasteiger partial charge on any atom is 0.268 e. The van der Waals surface area contributed by atoms with Crippen LogP contribution in [0.4, 0.5) is 5.69 Å². The summed E-state index contributed by atoms with van der Waals surface area (Å²) in [5, 5.41) is 3.95. The molecule has 3 nitrogen and oxygen atoms in total. The number of carbonyl (C=O) groups excluding carboxylic acids is 1. The summed E-state index contributed by atoms with van der Waals surface area (Å²) in [6, 6.07) is 15.4. The fourth-order valence-corrected chi connectivity index (χ4v) is 3.50. The van der Waals surface area contributed by atoms with Crippen LogP contribution in [0.3, 0.4) is 0 Å². The molecule has 2 aromatic heterocycles. The molecular formula is C17H15NO2S2. The lowest BCUT2D eigenvalue weighted by Gasteiger charge is -2.22. The monoisotopic (exact) mass is 329 g/mol. The number of thiophene rings is 2. The molecule has 0 radical (unpaired) electrons. The van der Waals surface area contributed by atoms with Crippen LogP contribution in [0.5, 0.6) is 5.75 Å². The first-order valence-corrected chi connectivity index (χ1v) is 8.55. The molecule has 5 heteroatoms. The molecule has 3 aromatic rings. The van der Waals surface area contributed by atoms with Gasteiger partial charge in [0, 0.05) is 10.6 Å². The zero-order chi connectivity index (χ0) is 15.4. The van der Waals surface area contributed by atoms with Crippen molar-refractivity contribution in [3.05, 3.63) is 69.0 Å². The predicted octanol–water partition coefficient (Wildman–Crippen LogP) is 4.67. The van der Waals surface area contributed by atoms with E-state index in [2.05, 4.69) is 0 Å². The van der Waals surface area contributed by atoms with E-state index in [9.17, 15) is 4.79 Å². The molecule has 0 fully saturated rings. The Morgan fingerprint density at radius 3 is 2.36 bits per heavy atom. The second-order valence-electron chi connectivity index (χ2n) is 4.65. The minimum Gasteiger partial charge on any atom is -0.497 e. The molecule has 0 aliphatic rings. The number of anilines is 1. The Kier molecular flexibility index (Phi) is 4.56. The second kappa shape index (κ2) is 6.77. The molecule has 0 saturated carbocycles. The Balaban J connectivity index is 1.92. The number of hydrogen-bond acceptors (Lipinski definition) is 4. The minimum atomic E-state index is 0.0218. The highest BCUT2D eigenvalue weighted by molar-refractivity contribution is 7.12. The number of amides is 1. The van der Waals surface area contributed by atoms with Gasteiger partial charge in [0.2, 0.25) is 0 Å². The molecule has 0 bridgehead atoms. The number of rotatable bonds is 5. The summed E-state index contributed by atoms with van der Waals surface area (Å²) >= 11 is 3.11. The summed E-state index contributed by atoms with van der Waals surface area (Å²) in [5.74, 6) is 0.803. The summed E-state index contributed by atoms with van der Waals surface area (Å²) in [6.45, 7) is 0.570. The van der Waals surface area contributed by atoms with Crippen LogP contribution in [0.2, 0.25) is 0 Å². The van der Waals surface area contributed by atoms with E-state index < -0.39 is 0 Å². The molecule has 3 rings (SSSR count). The lowest BCUT2D eigenvalue weighted by atomic mass is 10.2. The van der Waals surface area contributed by atoms with Crippen LogP contribution in [0.15, 0.2) is 59.3 Å². The molecule has 0 atom stereocenters. The van der Waals surface area contributed by atoms with Crippen molar-refractivity contribution in [1.82, 2.24) is 0 Å². The van der Waals surface area contributed by atoms with Crippen LogP contribution < -0.4 is 9.64 Å². The first-order valence-electron chi connectivity index (χ1n) is 6.80. The summed E-state index contributed by atoms with van der Waals surface area (Å²) in [5.41, 5.74) is 0.868. The fourth-order valence-electron chi connectivity index (χ4n) is 2.13. The molecule has 112 valence electrons. The van der Waals surface area contributed by atoms with Crippen LogP contribution in [0.1, 0.15) is 14.5 Å². The first-order chi connectivity index (χ1) is 10.8. The zero-order valence-electron chi connectivity index (χ0n) is 12.1. The van der Waals surface area contributed by atoms with Crippen molar-refractivity contribution in [2.45, 2.75) is 6.54 Å². The number of ether oxygens (including phenoxy) is 1. The number of benzene rings is 1. The summed E-state index contributed by atoms with van der Waals surface area (Å²) in [6.07, 6.45) is 0. The van der Waals surface area contributed by atoms with Gasteiger partial charge in [-0.25, -0.2) is 0 Å². The molecule has 2 heterocycles. The number of hydrogen-bond donors (Lipinski definition) is 0. The van der Waals surface area contributed by atoms with E-state index in [1.807, 2.05) is 59.3 Å². The van der Waals surface area contributed by atoms with E-state index in [0.717, 1.165) is 21.2 Å². The van der Waals surface area contributed by atoms with Gasteiger partial charge in [-0.15, -0.1) is 22.7 Å². The topological polar surface area (TPSA) is 29.5 Å². The highest BCUT2D eigenvalue weighted by Gasteiger charge is 2.19. The largest absolute Gasteiger partial charge is 0.497 e. The van der Waals surface area contributed by atoms with Crippen LogP contribution in [-0.4, -0.2) is 13.0 Å². The van der Waals surface area contributed by atoms with Gasteiger partial charge in [-0.05, 0) is 47.2 Å². The van der Waals surface area contributed by atoms with E-state index in [1.54, 1.807) is 23.3 Å². The van der Waals surface area contributed by atoms with Crippen molar-refractivity contribution >= 4 is 34.3 Å². The van der Waals surface area contributed by atoms with E-state index in [1.165, 1.54) is 11.3 Å². The van der Waals surface area contributed by atoms with Gasteiger partial charge in [0.15, 0.2) is 0 Å². The highest BCUT2D eigenvalue weighted by atomic mass is 32.1. The maximum absolute atomic E-state index is 12.8. The van der Waals surface area contributed by atoms with E-state index in [0.29, 0.717) is 6.54 Å². The number of methoxy groups -OCH3 is 1. The van der Waals surface area contributed by atoms with Crippen molar-refractivity contribution in [3.63, 3.8) is 0 Å². The van der Waals surface area contributed by atoms with Crippen LogP contribution in [0, 0.1) is 0 Å². The van der Waals surface area contributed by atoms with E-state index >= 15 is 0 Å². The third-order valence-electron chi connectivity index (χ3n) is 3.26. The average Bonchev–Trinajstić information content (AvgIpc) is 3.25. The third kappa shape index (κ3) is 3.21. The Bertz CT molecular complexity index is 719. The molecular weight excluding hydrogens is 314 g/mol. The lowest BCUT2D eigenvalue weighted by molar-refractivity contribution is 0.0989. The molecule has 0 saturated heterocycles. The van der Waals surface area contributed by atoms with Crippen molar-refractivity contribution in [3.8, 4) is 5.75 Å². The normalized spacial score (nSPS) is 10.4. The molecule has 0 aliphatic heterocycles. The molecule has 1 aromatic carbocycles. The quantitative estimate of drug-likeness (QED) is 0.681. The van der Waals surface area contributed by atoms with Gasteiger partial charge in [0.1, 0.15) is 5.75 Å². The van der Waals surface area contributed by atoms with Gasteiger partial charge in [-0.2, -0.15) is 0 Å². The van der Waals surface area contributed by atoms with Crippen molar-refractivity contribution < 1.29 is 9.53 Å². The summed E-state index contributed by atoms with van der Waals surface area (Å²) in [4.78, 5) is 16.5. The minimum absolute atomic E-state index is 0.0218. The van der Waals surface area contributed by atoms with E-state index in [4.69, 9.17) is 4.74 Å². The van der Waals surface area contributed by atoms with Crippen LogP contribution in [-0.2, 0) is 6.54 Å². The molecule has 0 aliphatic carbocycles. The van der Waals surface area contributed by atoms with Crippen molar-refractivity contribution in [2.75, 3.05) is 12.0 Å². The molecule has 0 unspecified atom stereocenters. The van der Waals surface area contributed by atoms with Gasteiger partial charge in [0.05, 0.1) is 18.5 Å². The average molecular weight is 329 g/mol. The SMILES string of the molecule is COc1ccc(N(Cc2cccs2)C(=O)c2cccs2)cc1. The molecule has 0 N–H and O–H groups in total. The summed E-state index contributed by atoms with van der Waals surface area (Å²) < 4.78 is 5.19. The molecule has 0 spiro atoms. The van der Waals surface area contributed by atoms with Gasteiger partial charge >= 0.3 is 0 Å². The zero-order valence-corrected chi connectivity index (χ0v) is 13.7. The van der Waals surface area contributed by atoms with Crippen LogP contribution in [0.25, 0.3) is 0 Å². The standard InChI is InChI=1S/C17H15NO2S2/c1-20-14-8-6-13(7-9-14)18(12-15-4-2-10-21-15)17(19)16-5-3-11-22-16/h2-11H,12H2,1H3. The lowest BCUT2D eigenvalue weighted by Crippen LogP contribution is -2.29. The Hall–Kier alpha value is -2.11. The summed E-state index contributed by atoms with van der Waals surface area (Å²) in [7, 11) is 1.63. The number of nitrogens with zero attached hydrogens (tertiary/aromatic N) is 1. The first kappa shape index (κ1) is 14.8. The van der Waals surface area contributed by atoms with Gasteiger partial charge in [0.25, 0.3) is 5.91 Å². The molecule has 1 amide bonds. The maximum atomic E-state index is 12.8. The second-order valence-corrected chi connectivity index (χ2v) is 6.63. The van der Waals surface area contributed by atoms with Gasteiger partial charge in [-0.3, -0.25) is 4.79 Å². The fraction of sp³-hybridized carbons (Fsp3) is 0.118. The Morgan fingerprint density at radius 1 is 1.05 bits per heavy atom. The Morgan fingerprint density at radius 2 is 1.77 bits per heavy atom. The van der Waals surface area contributed by atoms with Gasteiger partial charge < -0.3 is 9.64 Å². The van der Waals surface area contributed by atoms with Gasteiger partial charge in [-0.1, -0.05) is 12.1 Å². The van der Waals surface area contributed by atoms with Crippen molar-refractivity contribution in [2.24, 2.45) is 0 Å². The Labute approximate surface area is 137 Å². The van der Waals surface area contributed by atoms with Crippen LogP contribution >= 0.6 is 22.7 Å². The van der Waals surface area contributed by atoms with E-state index in [-0.39, 0.29) is 5.91 Å². The highest BCUT2D eigenvalue weighted by Crippen LogP contribution is 2.25. The third-order valence-corrected chi connectivity index (χ3v) is 4.97. The smallest absolute Gasteiger partial charge is 0.268 e. The van der Waals surface area contributed by atoms with Crippen molar-refractivity contribution in [1.29, 1.82) is 0 Å². The predicted molar refractivity (Wildman–Crippen MR) is 92.1 cm³/mol. The number of carbonyl (C=O) groups is 1.